The molecule has 1 aliphatic carbocycles. The second-order valence-electron chi connectivity index (χ2n) is 4.57. The summed E-state index contributed by atoms with van der Waals surface area (Å²) in [5, 5.41) is 9.35. The molecule has 1 saturated heterocycles. The van der Waals surface area contributed by atoms with Gasteiger partial charge in [-0.25, -0.2) is 0 Å². The van der Waals surface area contributed by atoms with Crippen molar-refractivity contribution in [3.8, 4) is 0 Å². The van der Waals surface area contributed by atoms with E-state index < -0.39 is 0 Å². The topological polar surface area (TPSA) is 40.5 Å². The second-order valence-corrected chi connectivity index (χ2v) is 4.57. The van der Waals surface area contributed by atoms with E-state index in [1.54, 1.807) is 4.90 Å². The van der Waals surface area contributed by atoms with Crippen molar-refractivity contribution >= 4 is 5.91 Å². The van der Waals surface area contributed by atoms with Gasteiger partial charge < -0.3 is 10.0 Å². The molecule has 2 aliphatic rings. The van der Waals surface area contributed by atoms with Gasteiger partial charge in [0, 0.05) is 19.5 Å². The molecule has 3 heteroatoms. The van der Waals surface area contributed by atoms with E-state index in [1.165, 1.54) is 18.4 Å². The molecule has 1 amide bonds. The number of hydrogen-bond acceptors (Lipinski definition) is 2. The quantitative estimate of drug-likeness (QED) is 0.700. The summed E-state index contributed by atoms with van der Waals surface area (Å²) in [6.07, 6.45) is 7.94. The fraction of sp³-hybridized carbons (Fsp3) is 0.750. The average Bonchev–Trinajstić information content (AvgIpc) is 2.66. The molecule has 0 radical (unpaired) electrons. The molecule has 0 spiro atoms. The van der Waals surface area contributed by atoms with Crippen LogP contribution in [0.3, 0.4) is 0 Å². The first-order valence-electron chi connectivity index (χ1n) is 5.89. The number of β-amino-alcohol motifs (C(OH)–C–C–N with tert-alkyl or cyclic N) is 1. The van der Waals surface area contributed by atoms with Crippen LogP contribution in [0.2, 0.25) is 0 Å². The Kier molecular flexibility index (Phi) is 3.41. The van der Waals surface area contributed by atoms with E-state index in [9.17, 15) is 9.90 Å². The van der Waals surface area contributed by atoms with E-state index in [0.29, 0.717) is 13.0 Å². The van der Waals surface area contributed by atoms with Crippen molar-refractivity contribution in [3.63, 3.8) is 0 Å². The minimum Gasteiger partial charge on any atom is -0.391 e. The summed E-state index contributed by atoms with van der Waals surface area (Å²) in [4.78, 5) is 13.6. The van der Waals surface area contributed by atoms with Crippen molar-refractivity contribution in [1.82, 2.24) is 4.90 Å². The molecule has 15 heavy (non-hydrogen) atoms. The molecule has 1 aliphatic heterocycles. The molecular formula is C12H19NO2. The zero-order valence-corrected chi connectivity index (χ0v) is 9.11. The highest BCUT2D eigenvalue weighted by atomic mass is 16.3. The minimum atomic E-state index is -0.297. The zero-order chi connectivity index (χ0) is 10.7. The molecule has 0 bridgehead atoms. The number of hydrogen-bond donors (Lipinski definition) is 1. The van der Waals surface area contributed by atoms with Gasteiger partial charge in [0.2, 0.25) is 5.91 Å². The molecule has 1 fully saturated rings. The molecule has 0 aromatic rings. The van der Waals surface area contributed by atoms with Crippen LogP contribution >= 0.6 is 0 Å². The highest BCUT2D eigenvalue weighted by Gasteiger charge is 2.24. The predicted molar refractivity (Wildman–Crippen MR) is 58.4 cm³/mol. The van der Waals surface area contributed by atoms with Gasteiger partial charge in [0.05, 0.1) is 6.10 Å². The van der Waals surface area contributed by atoms with Gasteiger partial charge in [-0.3, -0.25) is 4.79 Å². The molecule has 3 nitrogen and oxygen atoms in total. The largest absolute Gasteiger partial charge is 0.391 e. The summed E-state index contributed by atoms with van der Waals surface area (Å²) >= 11 is 0. The van der Waals surface area contributed by atoms with Gasteiger partial charge in [0.15, 0.2) is 0 Å². The highest BCUT2D eigenvalue weighted by molar-refractivity contribution is 5.79. The Hall–Kier alpha value is -0.830. The summed E-state index contributed by atoms with van der Waals surface area (Å²) in [5.41, 5.74) is 1.30. The summed E-state index contributed by atoms with van der Waals surface area (Å²) in [5.74, 6) is 0.194. The average molecular weight is 209 g/mol. The number of nitrogens with zero attached hydrogens (tertiary/aromatic N) is 1. The third-order valence-corrected chi connectivity index (χ3v) is 3.28. The van der Waals surface area contributed by atoms with Crippen LogP contribution in [0.4, 0.5) is 0 Å². The van der Waals surface area contributed by atoms with Crippen LogP contribution in [0, 0.1) is 0 Å². The van der Waals surface area contributed by atoms with Crippen molar-refractivity contribution in [3.05, 3.63) is 11.6 Å². The molecule has 1 N–H and O–H groups in total. The fourth-order valence-corrected chi connectivity index (χ4v) is 2.34. The lowest BCUT2D eigenvalue weighted by atomic mass is 9.97. The first-order chi connectivity index (χ1) is 7.25. The number of allylic oxidation sites excluding steroid dienone is 1. The molecular weight excluding hydrogens is 190 g/mol. The number of carbonyl (C=O) groups is 1. The minimum absolute atomic E-state index is 0.194. The summed E-state index contributed by atoms with van der Waals surface area (Å²) in [7, 11) is 0. The molecule has 2 rings (SSSR count). The maximum Gasteiger partial charge on any atom is 0.226 e. The smallest absolute Gasteiger partial charge is 0.226 e. The first kappa shape index (κ1) is 10.7. The van der Waals surface area contributed by atoms with Gasteiger partial charge in [0.25, 0.3) is 0 Å². The van der Waals surface area contributed by atoms with Crippen LogP contribution in [0.5, 0.6) is 0 Å². The number of carbonyl (C=O) groups excluding carboxylic acids is 1. The lowest BCUT2D eigenvalue weighted by Gasteiger charge is -2.18. The molecule has 84 valence electrons. The fourth-order valence-electron chi connectivity index (χ4n) is 2.34. The maximum atomic E-state index is 11.8. The van der Waals surface area contributed by atoms with Gasteiger partial charge in [-0.1, -0.05) is 11.6 Å². The van der Waals surface area contributed by atoms with Crippen molar-refractivity contribution < 1.29 is 9.90 Å². The van der Waals surface area contributed by atoms with Crippen LogP contribution in [0.25, 0.3) is 0 Å². The van der Waals surface area contributed by atoms with E-state index in [2.05, 4.69) is 6.08 Å². The van der Waals surface area contributed by atoms with Gasteiger partial charge in [-0.15, -0.1) is 0 Å². The Labute approximate surface area is 90.8 Å². The van der Waals surface area contributed by atoms with Crippen molar-refractivity contribution in [2.24, 2.45) is 0 Å². The van der Waals surface area contributed by atoms with E-state index in [4.69, 9.17) is 0 Å². The molecule has 0 unspecified atom stereocenters. The predicted octanol–water partition coefficient (Wildman–Crippen LogP) is 1.47. The molecule has 0 aromatic carbocycles. The molecule has 1 atom stereocenters. The van der Waals surface area contributed by atoms with Crippen LogP contribution in [0.15, 0.2) is 11.6 Å². The van der Waals surface area contributed by atoms with Gasteiger partial charge in [0.1, 0.15) is 0 Å². The van der Waals surface area contributed by atoms with E-state index in [1.807, 2.05) is 0 Å². The lowest BCUT2D eigenvalue weighted by Crippen LogP contribution is -2.29. The number of likely N-dealkylation sites (tertiary alicyclic amines) is 1. The SMILES string of the molecule is O=C(CC1=CCCCC1)N1CC[C@H](O)C1. The third-order valence-electron chi connectivity index (χ3n) is 3.28. The second kappa shape index (κ2) is 4.79. The summed E-state index contributed by atoms with van der Waals surface area (Å²) in [6, 6.07) is 0. The number of amides is 1. The van der Waals surface area contributed by atoms with Crippen molar-refractivity contribution in [2.75, 3.05) is 13.1 Å². The van der Waals surface area contributed by atoms with Crippen LogP contribution < -0.4 is 0 Å². The first-order valence-corrected chi connectivity index (χ1v) is 5.89. The summed E-state index contributed by atoms with van der Waals surface area (Å²) in [6.45, 7) is 1.26. The third kappa shape index (κ3) is 2.81. The van der Waals surface area contributed by atoms with Crippen LogP contribution in [-0.2, 0) is 4.79 Å². The van der Waals surface area contributed by atoms with E-state index in [-0.39, 0.29) is 12.0 Å². The van der Waals surface area contributed by atoms with Gasteiger partial charge in [-0.2, -0.15) is 0 Å². The molecule has 1 heterocycles. The van der Waals surface area contributed by atoms with Gasteiger partial charge in [-0.05, 0) is 32.1 Å². The highest BCUT2D eigenvalue weighted by Crippen LogP contribution is 2.21. The standard InChI is InChI=1S/C12H19NO2/c14-11-6-7-13(9-11)12(15)8-10-4-2-1-3-5-10/h4,11,14H,1-3,5-9H2/t11-/m0/s1. The lowest BCUT2D eigenvalue weighted by molar-refractivity contribution is -0.129. The number of aliphatic hydroxyl groups excluding tert-OH is 1. The van der Waals surface area contributed by atoms with Crippen molar-refractivity contribution in [2.45, 2.75) is 44.6 Å². The zero-order valence-electron chi connectivity index (χ0n) is 9.11. The summed E-state index contributed by atoms with van der Waals surface area (Å²) < 4.78 is 0. The van der Waals surface area contributed by atoms with Crippen molar-refractivity contribution in [1.29, 1.82) is 0 Å². The Morgan fingerprint density at radius 1 is 1.53 bits per heavy atom. The normalized spacial score (nSPS) is 26.6. The molecule has 0 aromatic heterocycles. The monoisotopic (exact) mass is 209 g/mol. The van der Waals surface area contributed by atoms with Gasteiger partial charge >= 0.3 is 0 Å². The number of aliphatic hydroxyl groups is 1. The number of rotatable bonds is 2. The Balaban J connectivity index is 1.83. The Morgan fingerprint density at radius 3 is 3.00 bits per heavy atom. The van der Waals surface area contributed by atoms with Crippen LogP contribution in [0.1, 0.15) is 38.5 Å². The van der Waals surface area contributed by atoms with E-state index in [0.717, 1.165) is 25.8 Å². The van der Waals surface area contributed by atoms with Crippen LogP contribution in [-0.4, -0.2) is 35.1 Å². The Morgan fingerprint density at radius 2 is 2.40 bits per heavy atom. The molecule has 0 saturated carbocycles. The maximum absolute atomic E-state index is 11.8. The van der Waals surface area contributed by atoms with E-state index >= 15 is 0 Å². The Bertz CT molecular complexity index is 273.